The van der Waals surface area contributed by atoms with E-state index in [0.717, 1.165) is 22.5 Å². The molecular formula is C13H16N2OS. The predicted molar refractivity (Wildman–Crippen MR) is 73.4 cm³/mol. The lowest BCUT2D eigenvalue weighted by atomic mass is 10.1. The van der Waals surface area contributed by atoms with E-state index in [1.807, 2.05) is 41.9 Å². The highest BCUT2D eigenvalue weighted by molar-refractivity contribution is 7.07. The Hall–Kier alpha value is -1.52. The zero-order valence-corrected chi connectivity index (χ0v) is 10.5. The summed E-state index contributed by atoms with van der Waals surface area (Å²) in [4.78, 5) is 0. The van der Waals surface area contributed by atoms with Gasteiger partial charge < -0.3 is 16.2 Å². The van der Waals surface area contributed by atoms with Crippen molar-refractivity contribution in [2.45, 2.75) is 13.0 Å². The van der Waals surface area contributed by atoms with E-state index in [4.69, 9.17) is 5.73 Å². The minimum absolute atomic E-state index is 0.473. The van der Waals surface area contributed by atoms with E-state index in [2.05, 4.69) is 5.32 Å². The number of nitrogen functional groups attached to an aromatic ring is 1. The highest BCUT2D eigenvalue weighted by Gasteiger charge is 2.07. The third-order valence-electron chi connectivity index (χ3n) is 2.70. The Morgan fingerprint density at radius 2 is 2.24 bits per heavy atom. The highest BCUT2D eigenvalue weighted by Crippen LogP contribution is 2.19. The van der Waals surface area contributed by atoms with E-state index >= 15 is 0 Å². The molecule has 0 aliphatic carbocycles. The quantitative estimate of drug-likeness (QED) is 0.729. The topological polar surface area (TPSA) is 58.3 Å². The van der Waals surface area contributed by atoms with Crippen molar-refractivity contribution < 1.29 is 5.11 Å². The van der Waals surface area contributed by atoms with Gasteiger partial charge in [-0.15, -0.1) is 0 Å². The fourth-order valence-electron chi connectivity index (χ4n) is 1.58. The van der Waals surface area contributed by atoms with Gasteiger partial charge in [0.1, 0.15) is 0 Å². The second kappa shape index (κ2) is 5.21. The number of benzene rings is 1. The number of aryl methyl sites for hydroxylation is 1. The van der Waals surface area contributed by atoms with Crippen LogP contribution in [0.1, 0.15) is 17.2 Å². The van der Waals surface area contributed by atoms with Crippen LogP contribution in [0.2, 0.25) is 0 Å². The van der Waals surface area contributed by atoms with Gasteiger partial charge in [0, 0.05) is 17.9 Å². The Bertz CT molecular complexity index is 482. The van der Waals surface area contributed by atoms with Gasteiger partial charge in [-0.2, -0.15) is 11.3 Å². The van der Waals surface area contributed by atoms with Gasteiger partial charge in [0.2, 0.25) is 0 Å². The van der Waals surface area contributed by atoms with Crippen molar-refractivity contribution in [1.82, 2.24) is 0 Å². The molecule has 0 amide bonds. The standard InChI is InChI=1S/C13H16N2OS/c1-9-6-11(2-3-12(9)14)15-7-13(16)10-4-5-17-8-10/h2-6,8,13,15-16H,7,14H2,1H3. The summed E-state index contributed by atoms with van der Waals surface area (Å²) in [7, 11) is 0. The molecule has 0 fully saturated rings. The fraction of sp³-hybridized carbons (Fsp3) is 0.231. The Morgan fingerprint density at radius 3 is 2.88 bits per heavy atom. The summed E-state index contributed by atoms with van der Waals surface area (Å²) in [6.45, 7) is 2.47. The average molecular weight is 248 g/mol. The van der Waals surface area contributed by atoms with Crippen LogP contribution in [0, 0.1) is 6.92 Å². The van der Waals surface area contributed by atoms with Crippen LogP contribution in [0.5, 0.6) is 0 Å². The van der Waals surface area contributed by atoms with E-state index in [-0.39, 0.29) is 0 Å². The summed E-state index contributed by atoms with van der Waals surface area (Å²) in [5.41, 5.74) is 9.50. The molecule has 1 heterocycles. The molecule has 0 spiro atoms. The van der Waals surface area contributed by atoms with Gasteiger partial charge in [0.05, 0.1) is 6.10 Å². The Balaban J connectivity index is 1.96. The SMILES string of the molecule is Cc1cc(NCC(O)c2ccsc2)ccc1N. The summed E-state index contributed by atoms with van der Waals surface area (Å²) >= 11 is 1.59. The molecular weight excluding hydrogens is 232 g/mol. The van der Waals surface area contributed by atoms with Gasteiger partial charge in [-0.3, -0.25) is 0 Å². The summed E-state index contributed by atoms with van der Waals surface area (Å²) in [5, 5.41) is 17.0. The summed E-state index contributed by atoms with van der Waals surface area (Å²) < 4.78 is 0. The molecule has 0 radical (unpaired) electrons. The Morgan fingerprint density at radius 1 is 1.41 bits per heavy atom. The molecule has 2 rings (SSSR count). The van der Waals surface area contributed by atoms with Gasteiger partial charge >= 0.3 is 0 Å². The molecule has 17 heavy (non-hydrogen) atoms. The molecule has 0 saturated heterocycles. The Kier molecular flexibility index (Phi) is 3.66. The first-order chi connectivity index (χ1) is 8.16. The summed E-state index contributed by atoms with van der Waals surface area (Å²) in [6.07, 6.45) is -0.473. The van der Waals surface area contributed by atoms with Gasteiger partial charge in [-0.05, 0) is 53.1 Å². The number of nitrogens with two attached hydrogens (primary N) is 1. The lowest BCUT2D eigenvalue weighted by molar-refractivity contribution is 0.192. The number of aliphatic hydroxyl groups excluding tert-OH is 1. The summed E-state index contributed by atoms with van der Waals surface area (Å²) in [6, 6.07) is 7.71. The van der Waals surface area contributed by atoms with Crippen LogP contribution < -0.4 is 11.1 Å². The maximum atomic E-state index is 9.91. The van der Waals surface area contributed by atoms with E-state index < -0.39 is 6.10 Å². The first-order valence-electron chi connectivity index (χ1n) is 5.47. The van der Waals surface area contributed by atoms with Crippen molar-refractivity contribution in [2.24, 2.45) is 0 Å². The van der Waals surface area contributed by atoms with Crippen LogP contribution in [0.15, 0.2) is 35.0 Å². The van der Waals surface area contributed by atoms with Crippen molar-refractivity contribution >= 4 is 22.7 Å². The van der Waals surface area contributed by atoms with Crippen molar-refractivity contribution in [3.63, 3.8) is 0 Å². The van der Waals surface area contributed by atoms with Crippen molar-refractivity contribution in [1.29, 1.82) is 0 Å². The number of rotatable bonds is 4. The lowest BCUT2D eigenvalue weighted by Gasteiger charge is -2.12. The van der Waals surface area contributed by atoms with Gasteiger partial charge in [-0.1, -0.05) is 0 Å². The van der Waals surface area contributed by atoms with Gasteiger partial charge in [0.15, 0.2) is 0 Å². The molecule has 90 valence electrons. The fourth-order valence-corrected chi connectivity index (χ4v) is 2.29. The second-order valence-electron chi connectivity index (χ2n) is 4.02. The maximum Gasteiger partial charge on any atom is 0.0970 e. The minimum atomic E-state index is -0.473. The van der Waals surface area contributed by atoms with Crippen molar-refractivity contribution in [3.05, 3.63) is 46.2 Å². The zero-order chi connectivity index (χ0) is 12.3. The third-order valence-corrected chi connectivity index (χ3v) is 3.40. The van der Waals surface area contributed by atoms with Crippen LogP contribution in [0.4, 0.5) is 11.4 Å². The lowest BCUT2D eigenvalue weighted by Crippen LogP contribution is -2.11. The molecule has 4 N–H and O–H groups in total. The molecule has 1 atom stereocenters. The molecule has 1 aromatic carbocycles. The predicted octanol–water partition coefficient (Wildman–Crippen LogP) is 2.78. The third kappa shape index (κ3) is 2.99. The second-order valence-corrected chi connectivity index (χ2v) is 4.80. The average Bonchev–Trinajstić information content (AvgIpc) is 2.84. The van der Waals surface area contributed by atoms with Crippen LogP contribution >= 0.6 is 11.3 Å². The number of aliphatic hydroxyl groups is 1. The first kappa shape index (κ1) is 12.0. The van der Waals surface area contributed by atoms with E-state index in [1.165, 1.54) is 0 Å². The number of nitrogens with one attached hydrogen (secondary N) is 1. The highest BCUT2D eigenvalue weighted by atomic mass is 32.1. The van der Waals surface area contributed by atoms with Crippen LogP contribution in [-0.2, 0) is 0 Å². The molecule has 0 aliphatic heterocycles. The van der Waals surface area contributed by atoms with Gasteiger partial charge in [0.25, 0.3) is 0 Å². The molecule has 0 aliphatic rings. The minimum Gasteiger partial charge on any atom is -0.399 e. The van der Waals surface area contributed by atoms with E-state index in [0.29, 0.717) is 6.54 Å². The number of anilines is 2. The molecule has 1 unspecified atom stereocenters. The number of thiophene rings is 1. The number of hydrogen-bond acceptors (Lipinski definition) is 4. The maximum absolute atomic E-state index is 9.91. The van der Waals surface area contributed by atoms with Crippen molar-refractivity contribution in [3.8, 4) is 0 Å². The van der Waals surface area contributed by atoms with Gasteiger partial charge in [-0.25, -0.2) is 0 Å². The van der Waals surface area contributed by atoms with Crippen molar-refractivity contribution in [2.75, 3.05) is 17.6 Å². The van der Waals surface area contributed by atoms with Crippen LogP contribution in [-0.4, -0.2) is 11.7 Å². The zero-order valence-electron chi connectivity index (χ0n) is 9.68. The number of hydrogen-bond donors (Lipinski definition) is 3. The smallest absolute Gasteiger partial charge is 0.0970 e. The summed E-state index contributed by atoms with van der Waals surface area (Å²) in [5.74, 6) is 0. The molecule has 3 nitrogen and oxygen atoms in total. The normalized spacial score (nSPS) is 12.4. The Labute approximate surface area is 105 Å². The molecule has 0 bridgehead atoms. The molecule has 2 aromatic rings. The van der Waals surface area contributed by atoms with Crippen LogP contribution in [0.25, 0.3) is 0 Å². The molecule has 4 heteroatoms. The molecule has 1 aromatic heterocycles. The monoisotopic (exact) mass is 248 g/mol. The van der Waals surface area contributed by atoms with Crippen LogP contribution in [0.3, 0.4) is 0 Å². The molecule has 0 saturated carbocycles. The van der Waals surface area contributed by atoms with E-state index in [1.54, 1.807) is 11.3 Å². The van der Waals surface area contributed by atoms with E-state index in [9.17, 15) is 5.11 Å². The largest absolute Gasteiger partial charge is 0.399 e. The first-order valence-corrected chi connectivity index (χ1v) is 6.41.